The largest absolute Gasteiger partial charge is 0.323 e. The van der Waals surface area contributed by atoms with Crippen molar-refractivity contribution in [3.63, 3.8) is 0 Å². The Kier molecular flexibility index (Phi) is 6.49. The van der Waals surface area contributed by atoms with E-state index in [2.05, 4.69) is 30.4 Å². The fourth-order valence-corrected chi connectivity index (χ4v) is 1.94. The molecule has 1 rings (SSSR count). The minimum atomic E-state index is 1.10. The summed E-state index contributed by atoms with van der Waals surface area (Å²) in [7, 11) is 0. The number of unbranched alkanes of at least 4 members (excludes halogenated alkanes) is 4. The molecule has 0 spiro atoms. The number of nitrogens with zero attached hydrogens (tertiary/aromatic N) is 1. The van der Waals surface area contributed by atoms with Crippen LogP contribution in [0.15, 0.2) is 11.8 Å². The molecule has 1 aliphatic rings. The summed E-state index contributed by atoms with van der Waals surface area (Å²) in [5.41, 5.74) is 4.95. The van der Waals surface area contributed by atoms with Crippen LogP contribution in [0.2, 0.25) is 0 Å². The van der Waals surface area contributed by atoms with Crippen LogP contribution in [-0.2, 0) is 0 Å². The Balaban J connectivity index is 2.03. The van der Waals surface area contributed by atoms with E-state index in [0.717, 1.165) is 6.54 Å². The molecule has 0 saturated heterocycles. The van der Waals surface area contributed by atoms with Crippen molar-refractivity contribution >= 4 is 0 Å². The third-order valence-electron chi connectivity index (χ3n) is 2.94. The Morgan fingerprint density at radius 3 is 2.60 bits per heavy atom. The Morgan fingerprint density at radius 1 is 1.13 bits per heavy atom. The van der Waals surface area contributed by atoms with Crippen molar-refractivity contribution in [2.75, 3.05) is 13.1 Å². The van der Waals surface area contributed by atoms with Crippen molar-refractivity contribution in [1.29, 1.82) is 0 Å². The number of rotatable bonds is 8. The fraction of sp³-hybridized carbons (Fsp3) is 0.846. The zero-order chi connectivity index (χ0) is 10.9. The lowest BCUT2D eigenvalue weighted by Gasteiger charge is -2.17. The van der Waals surface area contributed by atoms with E-state index in [-0.39, 0.29) is 0 Å². The molecule has 0 bridgehead atoms. The van der Waals surface area contributed by atoms with Crippen LogP contribution in [0, 0.1) is 0 Å². The third-order valence-corrected chi connectivity index (χ3v) is 2.94. The van der Waals surface area contributed by atoms with Gasteiger partial charge in [-0.2, -0.15) is 0 Å². The lowest BCUT2D eigenvalue weighted by atomic mass is 10.2. The Labute approximate surface area is 94.7 Å². The van der Waals surface area contributed by atoms with Gasteiger partial charge in [-0.05, 0) is 25.3 Å². The molecule has 2 heteroatoms. The van der Waals surface area contributed by atoms with Crippen molar-refractivity contribution < 1.29 is 0 Å². The number of hydrogen-bond donors (Lipinski definition) is 1. The van der Waals surface area contributed by atoms with Gasteiger partial charge in [0, 0.05) is 18.8 Å². The van der Waals surface area contributed by atoms with Gasteiger partial charge in [-0.15, -0.1) is 0 Å². The molecule has 1 heterocycles. The minimum absolute atomic E-state index is 1.10. The number of hydrogen-bond acceptors (Lipinski definition) is 2. The predicted octanol–water partition coefficient (Wildman–Crippen LogP) is 3.46. The van der Waals surface area contributed by atoms with Crippen molar-refractivity contribution in [3.8, 4) is 0 Å². The molecule has 2 nitrogen and oxygen atoms in total. The predicted molar refractivity (Wildman–Crippen MR) is 66.5 cm³/mol. The summed E-state index contributed by atoms with van der Waals surface area (Å²) in [5, 5.41) is 2.34. The SMILES string of the molecule is CCCCCC1=CCN(CCCCC)N1. The standard InChI is InChI=1S/C13H26N2/c1-3-5-7-9-13-10-12-15(14-13)11-8-6-4-2/h10,14H,3-9,11-12H2,1-2H3. The van der Waals surface area contributed by atoms with Gasteiger partial charge in [0.2, 0.25) is 0 Å². The van der Waals surface area contributed by atoms with Gasteiger partial charge in [-0.25, -0.2) is 5.01 Å². The van der Waals surface area contributed by atoms with Crippen LogP contribution in [0.25, 0.3) is 0 Å². The number of allylic oxidation sites excluding steroid dienone is 1. The van der Waals surface area contributed by atoms with Crippen molar-refractivity contribution in [2.45, 2.75) is 58.8 Å². The first-order chi connectivity index (χ1) is 7.36. The quantitative estimate of drug-likeness (QED) is 0.617. The first kappa shape index (κ1) is 12.6. The maximum atomic E-state index is 3.50. The molecule has 0 atom stereocenters. The molecule has 15 heavy (non-hydrogen) atoms. The van der Waals surface area contributed by atoms with E-state index >= 15 is 0 Å². The Bertz CT molecular complexity index is 187. The summed E-state index contributed by atoms with van der Waals surface area (Å²) in [4.78, 5) is 0. The van der Waals surface area contributed by atoms with E-state index in [1.54, 1.807) is 0 Å². The maximum absolute atomic E-state index is 3.50. The van der Waals surface area contributed by atoms with Gasteiger partial charge in [-0.3, -0.25) is 0 Å². The molecule has 0 radical (unpaired) electrons. The summed E-state index contributed by atoms with van der Waals surface area (Å²) in [6, 6.07) is 0. The Morgan fingerprint density at radius 2 is 1.87 bits per heavy atom. The van der Waals surface area contributed by atoms with E-state index in [1.165, 1.54) is 57.2 Å². The van der Waals surface area contributed by atoms with E-state index in [0.29, 0.717) is 0 Å². The molecule has 0 aliphatic carbocycles. The molecule has 0 saturated carbocycles. The number of hydrazine groups is 1. The van der Waals surface area contributed by atoms with E-state index < -0.39 is 0 Å². The van der Waals surface area contributed by atoms with Crippen molar-refractivity contribution in [3.05, 3.63) is 11.8 Å². The van der Waals surface area contributed by atoms with Crippen LogP contribution in [0.5, 0.6) is 0 Å². The molecule has 0 aromatic rings. The van der Waals surface area contributed by atoms with E-state index in [9.17, 15) is 0 Å². The molecule has 0 aromatic heterocycles. The van der Waals surface area contributed by atoms with E-state index in [4.69, 9.17) is 0 Å². The smallest absolute Gasteiger partial charge is 0.0379 e. The highest BCUT2D eigenvalue weighted by atomic mass is 15.5. The van der Waals surface area contributed by atoms with Gasteiger partial charge in [0.25, 0.3) is 0 Å². The first-order valence-electron chi connectivity index (χ1n) is 6.57. The maximum Gasteiger partial charge on any atom is 0.0379 e. The zero-order valence-electron chi connectivity index (χ0n) is 10.4. The molecule has 1 N–H and O–H groups in total. The van der Waals surface area contributed by atoms with Crippen molar-refractivity contribution in [1.82, 2.24) is 10.4 Å². The van der Waals surface area contributed by atoms with Crippen LogP contribution in [-0.4, -0.2) is 18.1 Å². The number of nitrogens with one attached hydrogen (secondary N) is 1. The monoisotopic (exact) mass is 210 g/mol. The van der Waals surface area contributed by atoms with Gasteiger partial charge < -0.3 is 5.43 Å². The molecule has 0 amide bonds. The average Bonchev–Trinajstić information content (AvgIpc) is 2.67. The highest BCUT2D eigenvalue weighted by Gasteiger charge is 2.11. The van der Waals surface area contributed by atoms with Crippen molar-refractivity contribution in [2.24, 2.45) is 0 Å². The highest BCUT2D eigenvalue weighted by molar-refractivity contribution is 5.05. The average molecular weight is 210 g/mol. The summed E-state index contributed by atoms with van der Waals surface area (Å²) in [5.74, 6) is 0. The van der Waals surface area contributed by atoms with Gasteiger partial charge >= 0.3 is 0 Å². The van der Waals surface area contributed by atoms with Crippen LogP contribution in [0.4, 0.5) is 0 Å². The van der Waals surface area contributed by atoms with Crippen LogP contribution in [0.1, 0.15) is 58.8 Å². The molecule has 88 valence electrons. The summed E-state index contributed by atoms with van der Waals surface area (Å²) in [6.07, 6.45) is 11.6. The minimum Gasteiger partial charge on any atom is -0.323 e. The van der Waals surface area contributed by atoms with Crippen LogP contribution in [0.3, 0.4) is 0 Å². The molecular weight excluding hydrogens is 184 g/mol. The van der Waals surface area contributed by atoms with Gasteiger partial charge in [-0.1, -0.05) is 39.5 Å². The highest BCUT2D eigenvalue weighted by Crippen LogP contribution is 2.12. The van der Waals surface area contributed by atoms with Crippen LogP contribution < -0.4 is 5.43 Å². The second-order valence-corrected chi connectivity index (χ2v) is 4.45. The lowest BCUT2D eigenvalue weighted by Crippen LogP contribution is -2.32. The topological polar surface area (TPSA) is 15.3 Å². The third kappa shape index (κ3) is 5.22. The normalized spacial score (nSPS) is 16.5. The molecule has 0 fully saturated rings. The lowest BCUT2D eigenvalue weighted by molar-refractivity contribution is 0.250. The van der Waals surface area contributed by atoms with E-state index in [1.807, 2.05) is 0 Å². The molecule has 0 unspecified atom stereocenters. The Hall–Kier alpha value is -0.500. The molecule has 0 aromatic carbocycles. The van der Waals surface area contributed by atoms with Gasteiger partial charge in [0.05, 0.1) is 0 Å². The summed E-state index contributed by atoms with van der Waals surface area (Å²) in [6.45, 7) is 6.81. The van der Waals surface area contributed by atoms with Gasteiger partial charge in [0.15, 0.2) is 0 Å². The summed E-state index contributed by atoms with van der Waals surface area (Å²) >= 11 is 0. The summed E-state index contributed by atoms with van der Waals surface area (Å²) < 4.78 is 0. The zero-order valence-corrected chi connectivity index (χ0v) is 10.4. The second kappa shape index (κ2) is 7.75. The van der Waals surface area contributed by atoms with Gasteiger partial charge in [0.1, 0.15) is 0 Å². The second-order valence-electron chi connectivity index (χ2n) is 4.45. The molecule has 1 aliphatic heterocycles. The first-order valence-corrected chi connectivity index (χ1v) is 6.57. The fourth-order valence-electron chi connectivity index (χ4n) is 1.94. The van der Waals surface area contributed by atoms with Crippen LogP contribution >= 0.6 is 0 Å². The molecular formula is C13H26N2.